The van der Waals surface area contributed by atoms with Gasteiger partial charge in [-0.1, -0.05) is 18.2 Å². The van der Waals surface area contributed by atoms with E-state index in [4.69, 9.17) is 9.47 Å². The summed E-state index contributed by atoms with van der Waals surface area (Å²) in [5.41, 5.74) is -0.0219. The third-order valence-corrected chi connectivity index (χ3v) is 4.44. The second-order valence-corrected chi connectivity index (χ2v) is 7.14. The summed E-state index contributed by atoms with van der Waals surface area (Å²) in [6.07, 6.45) is 1.46. The number of rotatable bonds is 3. The molecular weight excluding hydrogens is 320 g/mol. The molecule has 1 fully saturated rings. The van der Waals surface area contributed by atoms with Gasteiger partial charge < -0.3 is 18.9 Å². The Kier molecular flexibility index (Phi) is 4.67. The van der Waals surface area contributed by atoms with Crippen LogP contribution in [-0.4, -0.2) is 53.9 Å². The predicted octanol–water partition coefficient (Wildman–Crippen LogP) is 1.80. The molecule has 0 aliphatic carbocycles. The van der Waals surface area contributed by atoms with Crippen LogP contribution in [0.1, 0.15) is 24.2 Å². The van der Waals surface area contributed by atoms with E-state index in [1.54, 1.807) is 31.3 Å². The summed E-state index contributed by atoms with van der Waals surface area (Å²) in [5, 5.41) is 1.24. The summed E-state index contributed by atoms with van der Waals surface area (Å²) in [6.45, 7) is 5.32. The molecule has 1 atom stereocenters. The molecule has 2 heterocycles. The number of aryl methyl sites for hydroxylation is 1. The lowest BCUT2D eigenvalue weighted by Crippen LogP contribution is -2.55. The van der Waals surface area contributed by atoms with Gasteiger partial charge in [-0.2, -0.15) is 0 Å². The van der Waals surface area contributed by atoms with Gasteiger partial charge in [0.1, 0.15) is 0 Å². The fraction of sp³-hybridized carbons (Fsp3) is 0.474. The summed E-state index contributed by atoms with van der Waals surface area (Å²) < 4.78 is 12.7. The van der Waals surface area contributed by atoms with E-state index in [2.05, 4.69) is 0 Å². The van der Waals surface area contributed by atoms with Gasteiger partial charge in [-0.3, -0.25) is 9.59 Å². The summed E-state index contributed by atoms with van der Waals surface area (Å²) in [6, 6.07) is 7.23. The molecular formula is C19H24N2O4. The first kappa shape index (κ1) is 17.6. The first-order valence-electron chi connectivity index (χ1n) is 8.37. The van der Waals surface area contributed by atoms with Gasteiger partial charge in [0.15, 0.2) is 0 Å². The van der Waals surface area contributed by atoms with Crippen LogP contribution in [-0.2, 0) is 16.5 Å². The highest BCUT2D eigenvalue weighted by molar-refractivity contribution is 6.06. The van der Waals surface area contributed by atoms with Crippen molar-refractivity contribution in [3.05, 3.63) is 46.4 Å². The minimum Gasteiger partial charge on any atom is -0.382 e. The number of amides is 1. The Morgan fingerprint density at radius 2 is 2.00 bits per heavy atom. The van der Waals surface area contributed by atoms with Crippen molar-refractivity contribution in [1.82, 2.24) is 9.47 Å². The second-order valence-electron chi connectivity index (χ2n) is 7.14. The highest BCUT2D eigenvalue weighted by atomic mass is 16.5. The number of nitrogens with zero attached hydrogens (tertiary/aromatic N) is 2. The number of hydrogen-bond acceptors (Lipinski definition) is 4. The van der Waals surface area contributed by atoms with Crippen molar-refractivity contribution < 1.29 is 14.3 Å². The first-order valence-corrected chi connectivity index (χ1v) is 8.37. The SMILES string of the molecule is COC[C@H]1CN(C(=O)c2cn(C)c(=O)c3ccccc23)CC(C)(C)O1. The van der Waals surface area contributed by atoms with E-state index in [0.29, 0.717) is 36.0 Å². The molecule has 0 radical (unpaired) electrons. The molecule has 1 aliphatic rings. The quantitative estimate of drug-likeness (QED) is 0.852. The molecule has 0 N–H and O–H groups in total. The summed E-state index contributed by atoms with van der Waals surface area (Å²) in [7, 11) is 3.29. The van der Waals surface area contributed by atoms with E-state index in [0.717, 1.165) is 0 Å². The van der Waals surface area contributed by atoms with Crippen LogP contribution in [0.5, 0.6) is 0 Å². The number of morpholine rings is 1. The predicted molar refractivity (Wildman–Crippen MR) is 95.9 cm³/mol. The molecule has 134 valence electrons. The average Bonchev–Trinajstić information content (AvgIpc) is 2.56. The molecule has 6 nitrogen and oxygen atoms in total. The van der Waals surface area contributed by atoms with Crippen molar-refractivity contribution in [2.24, 2.45) is 7.05 Å². The standard InChI is InChI=1S/C19H24N2O4/c1-19(2)12-21(9-13(25-19)11-24-4)18(23)16-10-20(3)17(22)15-8-6-5-7-14(15)16/h5-8,10,13H,9,11-12H2,1-4H3/t13-/m1/s1. The number of fused-ring (bicyclic) bond motifs is 1. The van der Waals surface area contributed by atoms with Gasteiger partial charge >= 0.3 is 0 Å². The number of methoxy groups -OCH3 is 1. The molecule has 1 amide bonds. The van der Waals surface area contributed by atoms with Crippen molar-refractivity contribution in [2.75, 3.05) is 26.8 Å². The zero-order valence-corrected chi connectivity index (χ0v) is 15.1. The van der Waals surface area contributed by atoms with Gasteiger partial charge in [-0.15, -0.1) is 0 Å². The molecule has 1 aromatic heterocycles. The first-order chi connectivity index (χ1) is 11.8. The van der Waals surface area contributed by atoms with E-state index >= 15 is 0 Å². The van der Waals surface area contributed by atoms with Crippen molar-refractivity contribution in [3.8, 4) is 0 Å². The fourth-order valence-electron chi connectivity index (χ4n) is 3.48. The molecule has 1 saturated heterocycles. The van der Waals surface area contributed by atoms with Crippen molar-refractivity contribution in [1.29, 1.82) is 0 Å². The Hall–Kier alpha value is -2.18. The number of benzene rings is 1. The number of hydrogen-bond donors (Lipinski definition) is 0. The van der Waals surface area contributed by atoms with Crippen molar-refractivity contribution >= 4 is 16.7 Å². The van der Waals surface area contributed by atoms with Gasteiger partial charge in [-0.05, 0) is 19.9 Å². The Morgan fingerprint density at radius 3 is 2.68 bits per heavy atom. The molecule has 0 bridgehead atoms. The molecule has 3 rings (SSSR count). The van der Waals surface area contributed by atoms with Gasteiger partial charge in [0.2, 0.25) is 0 Å². The van der Waals surface area contributed by atoms with Crippen molar-refractivity contribution in [2.45, 2.75) is 25.6 Å². The van der Waals surface area contributed by atoms with Crippen LogP contribution >= 0.6 is 0 Å². The molecule has 1 aliphatic heterocycles. The van der Waals surface area contributed by atoms with Crippen molar-refractivity contribution in [3.63, 3.8) is 0 Å². The summed E-state index contributed by atoms with van der Waals surface area (Å²) >= 11 is 0. The lowest BCUT2D eigenvalue weighted by molar-refractivity contribution is -0.143. The zero-order chi connectivity index (χ0) is 18.2. The molecule has 2 aromatic rings. The minimum absolute atomic E-state index is 0.0933. The molecule has 0 unspecified atom stereocenters. The highest BCUT2D eigenvalue weighted by Gasteiger charge is 2.36. The molecule has 0 saturated carbocycles. The topological polar surface area (TPSA) is 60.8 Å². The average molecular weight is 344 g/mol. The summed E-state index contributed by atoms with van der Waals surface area (Å²) in [4.78, 5) is 27.3. The number of carbonyl (C=O) groups is 1. The smallest absolute Gasteiger partial charge is 0.258 e. The lowest BCUT2D eigenvalue weighted by Gasteiger charge is -2.42. The largest absolute Gasteiger partial charge is 0.382 e. The highest BCUT2D eigenvalue weighted by Crippen LogP contribution is 2.24. The number of carbonyl (C=O) groups excluding carboxylic acids is 1. The van der Waals surface area contributed by atoms with E-state index in [9.17, 15) is 9.59 Å². The maximum Gasteiger partial charge on any atom is 0.258 e. The molecule has 6 heteroatoms. The van der Waals surface area contributed by atoms with Crippen LogP contribution in [0.25, 0.3) is 10.8 Å². The Bertz CT molecular complexity index is 856. The third-order valence-electron chi connectivity index (χ3n) is 4.44. The zero-order valence-electron chi connectivity index (χ0n) is 15.1. The molecule has 25 heavy (non-hydrogen) atoms. The van der Waals surface area contributed by atoms with Crippen LogP contribution in [0.2, 0.25) is 0 Å². The van der Waals surface area contributed by atoms with Crippen LogP contribution in [0.15, 0.2) is 35.3 Å². The fourth-order valence-corrected chi connectivity index (χ4v) is 3.48. The van der Waals surface area contributed by atoms with Crippen LogP contribution < -0.4 is 5.56 Å². The molecule has 0 spiro atoms. The van der Waals surface area contributed by atoms with Gasteiger partial charge in [0.25, 0.3) is 11.5 Å². The van der Waals surface area contributed by atoms with Crippen LogP contribution in [0.4, 0.5) is 0 Å². The normalized spacial score (nSPS) is 20.0. The number of aromatic nitrogens is 1. The van der Waals surface area contributed by atoms with E-state index < -0.39 is 5.60 Å². The van der Waals surface area contributed by atoms with E-state index in [1.807, 2.05) is 32.0 Å². The van der Waals surface area contributed by atoms with Gasteiger partial charge in [-0.25, -0.2) is 0 Å². The Labute approximate surface area is 146 Å². The number of pyridine rings is 1. The molecule has 1 aromatic carbocycles. The lowest BCUT2D eigenvalue weighted by atomic mass is 10.0. The monoisotopic (exact) mass is 344 g/mol. The van der Waals surface area contributed by atoms with Crippen LogP contribution in [0, 0.1) is 0 Å². The van der Waals surface area contributed by atoms with E-state index in [-0.39, 0.29) is 17.6 Å². The second kappa shape index (κ2) is 6.61. The Balaban J connectivity index is 2.02. The maximum absolute atomic E-state index is 13.2. The third kappa shape index (κ3) is 3.45. The van der Waals surface area contributed by atoms with E-state index in [1.165, 1.54) is 4.57 Å². The van der Waals surface area contributed by atoms with Gasteiger partial charge in [0.05, 0.1) is 23.9 Å². The summed E-state index contributed by atoms with van der Waals surface area (Å²) in [5.74, 6) is -0.0933. The minimum atomic E-state index is -0.451. The maximum atomic E-state index is 13.2. The number of ether oxygens (including phenoxy) is 2. The Morgan fingerprint density at radius 1 is 1.32 bits per heavy atom. The van der Waals surface area contributed by atoms with Gasteiger partial charge in [0, 0.05) is 44.2 Å². The van der Waals surface area contributed by atoms with Crippen LogP contribution in [0.3, 0.4) is 0 Å².